The van der Waals surface area contributed by atoms with Crippen molar-refractivity contribution < 1.29 is 5.11 Å². The first-order chi connectivity index (χ1) is 9.25. The van der Waals surface area contributed by atoms with Gasteiger partial charge in [0.05, 0.1) is 16.2 Å². The lowest BCUT2D eigenvalue weighted by molar-refractivity contribution is 0.459. The smallest absolute Gasteiger partial charge is 0.218 e. The minimum atomic E-state index is -0.0391. The second kappa shape index (κ2) is 4.74. The molecule has 0 fully saturated rings. The van der Waals surface area contributed by atoms with Crippen molar-refractivity contribution in [1.82, 2.24) is 4.98 Å². The third-order valence-electron chi connectivity index (χ3n) is 2.76. The van der Waals surface area contributed by atoms with Crippen molar-refractivity contribution in [2.75, 3.05) is 0 Å². The highest BCUT2D eigenvalue weighted by Gasteiger charge is 2.12. The van der Waals surface area contributed by atoms with Crippen LogP contribution >= 0.6 is 11.6 Å². The van der Waals surface area contributed by atoms with Crippen LogP contribution in [-0.2, 0) is 0 Å². The van der Waals surface area contributed by atoms with Crippen LogP contribution in [0.25, 0.3) is 10.9 Å². The van der Waals surface area contributed by atoms with Crippen LogP contribution < -0.4 is 0 Å². The molecule has 3 aromatic rings. The van der Waals surface area contributed by atoms with Crippen molar-refractivity contribution in [1.29, 1.82) is 0 Å². The summed E-state index contributed by atoms with van der Waals surface area (Å²) < 4.78 is 0. The third-order valence-corrected chi connectivity index (χ3v) is 3.07. The zero-order valence-electron chi connectivity index (χ0n) is 9.84. The summed E-state index contributed by atoms with van der Waals surface area (Å²) in [5, 5.41) is 19.3. The molecule has 1 heterocycles. The maximum atomic E-state index is 9.87. The highest BCUT2D eigenvalue weighted by Crippen LogP contribution is 2.38. The summed E-state index contributed by atoms with van der Waals surface area (Å²) in [6.07, 6.45) is 0. The van der Waals surface area contributed by atoms with E-state index in [0.29, 0.717) is 16.2 Å². The molecule has 0 aliphatic rings. The van der Waals surface area contributed by atoms with Gasteiger partial charge in [0.2, 0.25) is 5.88 Å². The Bertz CT molecular complexity index is 750. The summed E-state index contributed by atoms with van der Waals surface area (Å²) in [5.74, 6) is -0.0391. The molecular weight excluding hydrogens is 262 g/mol. The molecule has 0 aliphatic carbocycles. The average molecular weight is 272 g/mol. The number of halogens is 1. The third kappa shape index (κ3) is 2.18. The Kier molecular flexibility index (Phi) is 2.93. The van der Waals surface area contributed by atoms with E-state index >= 15 is 0 Å². The molecule has 0 saturated carbocycles. The van der Waals surface area contributed by atoms with Gasteiger partial charge in [0.15, 0.2) is 5.69 Å². The minimum Gasteiger partial charge on any atom is -0.493 e. The molecule has 0 atom stereocenters. The molecule has 19 heavy (non-hydrogen) atoms. The van der Waals surface area contributed by atoms with E-state index in [-0.39, 0.29) is 5.88 Å². The molecule has 4 nitrogen and oxygen atoms in total. The first-order valence-corrected chi connectivity index (χ1v) is 6.09. The molecule has 1 aromatic heterocycles. The zero-order valence-corrected chi connectivity index (χ0v) is 10.6. The second-order valence-electron chi connectivity index (χ2n) is 4.02. The Morgan fingerprint density at radius 3 is 2.53 bits per heavy atom. The minimum absolute atomic E-state index is 0.0391. The van der Waals surface area contributed by atoms with Crippen molar-refractivity contribution in [2.24, 2.45) is 10.2 Å². The SMILES string of the molecule is Oc1[nH]c2c(Cl)cccc2c1N=Nc1ccccc1. The number of aromatic hydroxyl groups is 1. The Morgan fingerprint density at radius 1 is 0.947 bits per heavy atom. The van der Waals surface area contributed by atoms with Crippen molar-refractivity contribution >= 4 is 33.9 Å². The fourth-order valence-corrected chi connectivity index (χ4v) is 2.08. The number of fused-ring (bicyclic) bond motifs is 1. The molecule has 0 amide bonds. The average Bonchev–Trinajstić information content (AvgIpc) is 2.75. The summed E-state index contributed by atoms with van der Waals surface area (Å²) in [6.45, 7) is 0. The largest absolute Gasteiger partial charge is 0.493 e. The van der Waals surface area contributed by atoms with Gasteiger partial charge in [-0.05, 0) is 18.2 Å². The van der Waals surface area contributed by atoms with Crippen LogP contribution in [0.15, 0.2) is 58.8 Å². The van der Waals surface area contributed by atoms with E-state index in [9.17, 15) is 5.11 Å². The maximum absolute atomic E-state index is 9.87. The molecule has 0 spiro atoms. The fraction of sp³-hybridized carbons (Fsp3) is 0. The van der Waals surface area contributed by atoms with E-state index in [1.807, 2.05) is 36.4 Å². The number of azo groups is 1. The lowest BCUT2D eigenvalue weighted by atomic mass is 10.2. The first-order valence-electron chi connectivity index (χ1n) is 5.71. The molecule has 0 bridgehead atoms. The first kappa shape index (κ1) is 11.7. The number of hydrogen-bond donors (Lipinski definition) is 2. The van der Waals surface area contributed by atoms with Crippen LogP contribution in [0.2, 0.25) is 5.02 Å². The number of aromatic nitrogens is 1. The van der Waals surface area contributed by atoms with E-state index in [1.54, 1.807) is 12.1 Å². The Labute approximate surface area is 114 Å². The van der Waals surface area contributed by atoms with E-state index in [2.05, 4.69) is 15.2 Å². The summed E-state index contributed by atoms with van der Waals surface area (Å²) in [5.41, 5.74) is 1.77. The molecule has 0 aliphatic heterocycles. The molecule has 94 valence electrons. The van der Waals surface area contributed by atoms with Gasteiger partial charge in [0.1, 0.15) is 0 Å². The molecule has 3 rings (SSSR count). The number of rotatable bonds is 2. The van der Waals surface area contributed by atoms with E-state index < -0.39 is 0 Å². The predicted molar refractivity (Wildman–Crippen MR) is 75.6 cm³/mol. The van der Waals surface area contributed by atoms with Gasteiger partial charge in [0, 0.05) is 5.39 Å². The van der Waals surface area contributed by atoms with E-state index in [4.69, 9.17) is 11.6 Å². The molecule has 2 aromatic carbocycles. The summed E-state index contributed by atoms with van der Waals surface area (Å²) in [4.78, 5) is 2.80. The van der Waals surface area contributed by atoms with Crippen LogP contribution in [0, 0.1) is 0 Å². The monoisotopic (exact) mass is 271 g/mol. The van der Waals surface area contributed by atoms with Gasteiger partial charge >= 0.3 is 0 Å². The Balaban J connectivity index is 2.09. The van der Waals surface area contributed by atoms with Crippen LogP contribution in [0.4, 0.5) is 11.4 Å². The van der Waals surface area contributed by atoms with Crippen LogP contribution in [-0.4, -0.2) is 10.1 Å². The number of hydrogen-bond acceptors (Lipinski definition) is 3. The quantitative estimate of drug-likeness (QED) is 0.637. The highest BCUT2D eigenvalue weighted by molar-refractivity contribution is 6.35. The van der Waals surface area contributed by atoms with Gasteiger partial charge in [-0.2, -0.15) is 5.11 Å². The highest BCUT2D eigenvalue weighted by atomic mass is 35.5. The van der Waals surface area contributed by atoms with Gasteiger partial charge in [-0.3, -0.25) is 0 Å². The number of aromatic amines is 1. The van der Waals surface area contributed by atoms with E-state index in [1.165, 1.54) is 0 Å². The van der Waals surface area contributed by atoms with Crippen LogP contribution in [0.5, 0.6) is 5.88 Å². The van der Waals surface area contributed by atoms with Crippen molar-refractivity contribution in [2.45, 2.75) is 0 Å². The number of H-pyrrole nitrogens is 1. The van der Waals surface area contributed by atoms with Crippen molar-refractivity contribution in [3.63, 3.8) is 0 Å². The van der Waals surface area contributed by atoms with Crippen LogP contribution in [0.3, 0.4) is 0 Å². The number of nitrogens with one attached hydrogen (secondary N) is 1. The van der Waals surface area contributed by atoms with Crippen LogP contribution in [0.1, 0.15) is 0 Å². The summed E-state index contributed by atoms with van der Waals surface area (Å²) in [7, 11) is 0. The second-order valence-corrected chi connectivity index (χ2v) is 4.43. The fourth-order valence-electron chi connectivity index (χ4n) is 1.86. The molecule has 0 saturated heterocycles. The van der Waals surface area contributed by atoms with Gasteiger partial charge < -0.3 is 10.1 Å². The van der Waals surface area contributed by atoms with Gasteiger partial charge in [-0.1, -0.05) is 41.9 Å². The van der Waals surface area contributed by atoms with E-state index in [0.717, 1.165) is 11.1 Å². The number of para-hydroxylation sites is 1. The lowest BCUT2D eigenvalue weighted by Crippen LogP contribution is -1.68. The maximum Gasteiger partial charge on any atom is 0.218 e. The summed E-state index contributed by atoms with van der Waals surface area (Å²) >= 11 is 6.04. The van der Waals surface area contributed by atoms with Gasteiger partial charge in [-0.25, -0.2) is 0 Å². The topological polar surface area (TPSA) is 60.7 Å². The lowest BCUT2D eigenvalue weighted by Gasteiger charge is -1.93. The molecule has 2 N–H and O–H groups in total. The molecule has 0 radical (unpaired) electrons. The zero-order chi connectivity index (χ0) is 13.2. The predicted octanol–water partition coefficient (Wildman–Crippen LogP) is 4.94. The summed E-state index contributed by atoms with van der Waals surface area (Å²) in [6, 6.07) is 14.7. The molecular formula is C14H10ClN3O. The van der Waals surface area contributed by atoms with Gasteiger partial charge in [0.25, 0.3) is 0 Å². The van der Waals surface area contributed by atoms with Gasteiger partial charge in [-0.15, -0.1) is 5.11 Å². The van der Waals surface area contributed by atoms with Crippen molar-refractivity contribution in [3.8, 4) is 5.88 Å². The molecule has 5 heteroatoms. The standard InChI is InChI=1S/C14H10ClN3O/c15-11-8-4-7-10-12(11)16-14(19)13(10)18-17-9-5-2-1-3-6-9/h1-8,16,19H. The Morgan fingerprint density at radius 2 is 1.74 bits per heavy atom. The normalized spacial score (nSPS) is 11.4. The number of nitrogens with zero attached hydrogens (tertiary/aromatic N) is 2. The number of benzene rings is 2. The Hall–Kier alpha value is -2.33. The molecule has 0 unspecified atom stereocenters. The van der Waals surface area contributed by atoms with Crippen molar-refractivity contribution in [3.05, 3.63) is 53.6 Å².